The number of esters is 1. The van der Waals surface area contributed by atoms with Gasteiger partial charge in [-0.3, -0.25) is 38.3 Å². The van der Waals surface area contributed by atoms with Gasteiger partial charge in [-0.2, -0.15) is 0 Å². The van der Waals surface area contributed by atoms with E-state index in [1.807, 2.05) is 44.2 Å². The van der Waals surface area contributed by atoms with Gasteiger partial charge in [0.25, 0.3) is 22.9 Å². The monoisotopic (exact) mass is 1020 g/mol. The third kappa shape index (κ3) is 9.87. The fourth-order valence-electron chi connectivity index (χ4n) is 8.74. The van der Waals surface area contributed by atoms with Gasteiger partial charge in [0, 0.05) is 50.0 Å². The number of carbonyl (C=O) groups excluding carboxylic acids is 3. The van der Waals surface area contributed by atoms with Crippen LogP contribution in [-0.4, -0.2) is 96.9 Å². The molecule has 0 atom stereocenters. The number of pyridine rings is 4. The fraction of sp³-hybridized carbons (Fsp3) is 0.222. The zero-order valence-electron chi connectivity index (χ0n) is 40.6. The average Bonchev–Trinajstić information content (AvgIpc) is 3.42. The van der Waals surface area contributed by atoms with Gasteiger partial charge in [-0.1, -0.05) is 54.6 Å². The second-order valence-corrected chi connectivity index (χ2v) is 17.9. The minimum Gasteiger partial charge on any atom is -0.505 e. The molecule has 0 aliphatic carbocycles. The van der Waals surface area contributed by atoms with E-state index in [1.54, 1.807) is 36.1 Å². The Hall–Kier alpha value is -9.24. The Morgan fingerprint density at radius 1 is 0.760 bits per heavy atom. The number of halogens is 2. The molecular formula is C54H46F2N6O13. The lowest BCUT2D eigenvalue weighted by molar-refractivity contribution is -0.144. The van der Waals surface area contributed by atoms with Crippen LogP contribution in [-0.2, 0) is 38.5 Å². The number of carbonyl (C=O) groups is 4. The van der Waals surface area contributed by atoms with Crippen molar-refractivity contribution >= 4 is 58.2 Å². The molecule has 3 N–H and O–H groups in total. The molecule has 7 aromatic rings. The molecule has 4 aromatic heterocycles. The smallest absolute Gasteiger partial charge is 0.373 e. The lowest BCUT2D eigenvalue weighted by Crippen LogP contribution is -2.56. The van der Waals surface area contributed by atoms with Crippen LogP contribution in [0.2, 0.25) is 0 Å². The molecule has 0 saturated carbocycles. The Morgan fingerprint density at radius 3 is 1.87 bits per heavy atom. The highest BCUT2D eigenvalue weighted by atomic mass is 19.1. The van der Waals surface area contributed by atoms with E-state index in [1.165, 1.54) is 49.9 Å². The largest absolute Gasteiger partial charge is 0.505 e. The Labute approximate surface area is 424 Å². The summed E-state index contributed by atoms with van der Waals surface area (Å²) in [7, 11) is 1.33. The fourth-order valence-corrected chi connectivity index (χ4v) is 8.74. The molecule has 2 amide bonds. The molecule has 21 heteroatoms. The summed E-state index contributed by atoms with van der Waals surface area (Å²) < 4.78 is 57.5. The minimum atomic E-state index is -1.41. The molecule has 0 radical (unpaired) electrons. The van der Waals surface area contributed by atoms with Gasteiger partial charge < -0.3 is 44.1 Å². The van der Waals surface area contributed by atoms with Crippen LogP contribution in [0.15, 0.2) is 112 Å². The van der Waals surface area contributed by atoms with Crippen LogP contribution < -0.4 is 30.6 Å². The molecule has 10 rings (SSSR count). The predicted molar refractivity (Wildman–Crippen MR) is 266 cm³/mol. The number of nitrogens with zero attached hydrogens (tertiary/aromatic N) is 5. The maximum absolute atomic E-state index is 13.6. The van der Waals surface area contributed by atoms with E-state index >= 15 is 0 Å². The highest BCUT2D eigenvalue weighted by molar-refractivity contribution is 6.05. The first kappa shape index (κ1) is 50.7. The summed E-state index contributed by atoms with van der Waals surface area (Å²) in [5.41, 5.74) is 0.276. The highest BCUT2D eigenvalue weighted by Gasteiger charge is 2.39. The molecule has 19 nitrogen and oxygen atoms in total. The third-order valence-electron chi connectivity index (χ3n) is 12.4. The van der Waals surface area contributed by atoms with Crippen molar-refractivity contribution in [3.8, 4) is 23.0 Å². The van der Waals surface area contributed by atoms with Crippen LogP contribution in [0.3, 0.4) is 0 Å². The molecule has 0 spiro atoms. The highest BCUT2D eigenvalue weighted by Crippen LogP contribution is 2.41. The Bertz CT molecular complexity index is 3650. The zero-order valence-corrected chi connectivity index (χ0v) is 40.6. The van der Waals surface area contributed by atoms with Gasteiger partial charge in [-0.25, -0.2) is 18.4 Å². The van der Waals surface area contributed by atoms with Crippen LogP contribution in [0.1, 0.15) is 69.3 Å². The van der Waals surface area contributed by atoms with E-state index in [9.17, 15) is 47.8 Å². The van der Waals surface area contributed by atoms with Crippen molar-refractivity contribution in [1.82, 2.24) is 29.3 Å². The number of nitrogens with one attached hydrogen (secondary N) is 1. The van der Waals surface area contributed by atoms with E-state index < -0.39 is 68.9 Å². The summed E-state index contributed by atoms with van der Waals surface area (Å²) in [5, 5.41) is 22.8. The van der Waals surface area contributed by atoms with Crippen LogP contribution in [0.5, 0.6) is 23.0 Å². The van der Waals surface area contributed by atoms with E-state index in [0.29, 0.717) is 36.4 Å². The number of amides is 2. The standard InChI is InChI=1S/C28H21FN2O7.C26H25FN4O6/c1-2-36-28(35)21-25(37-15-17-6-4-3-5-7-17)22-23-24(38-20(27(33)34)14-31(23)26(21)32)18(13-30-22)12-16-8-10-19(29)11-9-16;1-26(2)13-36-9-8-31(26)24(34)17-12-30-20-19(21(32)18(25(30)35)23(33)28-3)29-11-15(22(20)37-17)10-14-4-6-16(27)7-5-14/h3-11,13-14H,2,12,15H2,1H3,(H,33,34);4-7,11-12,32H,8-10,13H2,1-3H3,(H,28,33). The number of aliphatic carboxylic acids is 1. The lowest BCUT2D eigenvalue weighted by Gasteiger charge is -2.42. The van der Waals surface area contributed by atoms with Gasteiger partial charge in [0.05, 0.1) is 37.8 Å². The number of morpholine rings is 1. The van der Waals surface area contributed by atoms with Gasteiger partial charge in [-0.05, 0) is 61.7 Å². The van der Waals surface area contributed by atoms with Crippen molar-refractivity contribution in [2.45, 2.75) is 45.8 Å². The van der Waals surface area contributed by atoms with Gasteiger partial charge in [0.2, 0.25) is 11.5 Å². The summed E-state index contributed by atoms with van der Waals surface area (Å²) in [6.07, 6.45) is 5.56. The number of carboxylic acids is 1. The van der Waals surface area contributed by atoms with Crippen molar-refractivity contribution < 1.29 is 61.9 Å². The molecular weight excluding hydrogens is 979 g/mol. The number of aromatic nitrogens is 4. The van der Waals surface area contributed by atoms with Crippen molar-refractivity contribution in [2.75, 3.05) is 33.4 Å². The van der Waals surface area contributed by atoms with E-state index in [2.05, 4.69) is 15.3 Å². The van der Waals surface area contributed by atoms with Crippen LogP contribution in [0.4, 0.5) is 8.78 Å². The second-order valence-electron chi connectivity index (χ2n) is 17.9. The minimum absolute atomic E-state index is 0.00302. The maximum atomic E-state index is 13.6. The Kier molecular flexibility index (Phi) is 14.0. The molecule has 1 fully saturated rings. The van der Waals surface area contributed by atoms with Crippen molar-refractivity contribution in [1.29, 1.82) is 0 Å². The molecule has 0 unspecified atom stereocenters. The quantitative estimate of drug-likeness (QED) is 0.116. The Morgan fingerprint density at radius 2 is 1.31 bits per heavy atom. The summed E-state index contributed by atoms with van der Waals surface area (Å²) in [4.78, 5) is 88.4. The van der Waals surface area contributed by atoms with Crippen LogP contribution >= 0.6 is 0 Å². The molecule has 75 heavy (non-hydrogen) atoms. The molecule has 1 saturated heterocycles. The molecule has 0 bridgehead atoms. The first-order valence-electron chi connectivity index (χ1n) is 23.4. The zero-order chi connectivity index (χ0) is 53.3. The number of hydrogen-bond acceptors (Lipinski definition) is 14. The van der Waals surface area contributed by atoms with Crippen molar-refractivity contribution in [3.63, 3.8) is 0 Å². The molecule has 3 aliphatic rings. The number of hydrogen-bond donors (Lipinski definition) is 3. The van der Waals surface area contributed by atoms with Gasteiger partial charge in [0.1, 0.15) is 45.9 Å². The first-order valence-corrected chi connectivity index (χ1v) is 23.4. The maximum Gasteiger partial charge on any atom is 0.373 e. The first-order chi connectivity index (χ1) is 36.0. The molecule has 3 aliphatic heterocycles. The Balaban J connectivity index is 0.000000184. The van der Waals surface area contributed by atoms with Gasteiger partial charge in [-0.15, -0.1) is 0 Å². The average molecular weight is 1020 g/mol. The number of rotatable bonds is 12. The van der Waals surface area contributed by atoms with Crippen molar-refractivity contribution in [3.05, 3.63) is 174 Å². The van der Waals surface area contributed by atoms with Crippen LogP contribution in [0.25, 0.3) is 34.5 Å². The molecule has 3 aromatic carbocycles. The molecule has 384 valence electrons. The predicted octanol–water partition coefficient (Wildman–Crippen LogP) is 6.18. The molecule has 7 heterocycles. The topological polar surface area (TPSA) is 240 Å². The van der Waals surface area contributed by atoms with Gasteiger partial charge in [0.15, 0.2) is 28.6 Å². The van der Waals surface area contributed by atoms with E-state index in [-0.39, 0.29) is 76.9 Å². The summed E-state index contributed by atoms with van der Waals surface area (Å²) in [6.45, 7) is 6.34. The summed E-state index contributed by atoms with van der Waals surface area (Å²) in [5.74, 6) is -5.54. The third-order valence-corrected chi connectivity index (χ3v) is 12.4. The SMILES string of the molecule is CCOC(=O)c1c(OCc2ccccc2)c2ncc(Cc3ccc(F)cc3)c3c2n(c1=O)C=C(C(=O)O)O3.CNC(=O)c1c(O)c2ncc(Cc3ccc(F)cc3)c3c2n(c1=O)C=C(C(=O)N1CCOCC1(C)C)O3. The van der Waals surface area contributed by atoms with Gasteiger partial charge >= 0.3 is 11.9 Å². The lowest BCUT2D eigenvalue weighted by atomic mass is 10.0. The normalized spacial score (nSPS) is 14.1. The number of ether oxygens (including phenoxy) is 5. The number of benzene rings is 3. The number of aromatic hydroxyl groups is 1. The van der Waals surface area contributed by atoms with Crippen LogP contribution in [0, 0.1) is 11.6 Å². The van der Waals surface area contributed by atoms with E-state index in [4.69, 9.17) is 23.7 Å². The number of carboxylic acid groups (broad SMARTS) is 1. The van der Waals surface area contributed by atoms with E-state index in [0.717, 1.165) is 26.5 Å². The summed E-state index contributed by atoms with van der Waals surface area (Å²) >= 11 is 0. The summed E-state index contributed by atoms with van der Waals surface area (Å²) in [6, 6.07) is 20.7. The second kappa shape index (κ2) is 20.7. The van der Waals surface area contributed by atoms with Crippen molar-refractivity contribution in [2.24, 2.45) is 0 Å².